The summed E-state index contributed by atoms with van der Waals surface area (Å²) in [5, 5.41) is 0. The monoisotopic (exact) mass is 451 g/mol. The number of amides is 2. The molecule has 0 bridgehead atoms. The lowest BCUT2D eigenvalue weighted by molar-refractivity contribution is -0.176. The molecule has 2 aliphatic heterocycles. The number of ether oxygens (including phenoxy) is 2. The molecule has 2 aromatic rings. The van der Waals surface area contributed by atoms with Gasteiger partial charge < -0.3 is 19.3 Å². The molecular weight excluding hydrogens is 418 g/mol. The summed E-state index contributed by atoms with van der Waals surface area (Å²) >= 11 is 0. The van der Waals surface area contributed by atoms with Gasteiger partial charge in [-0.1, -0.05) is 24.3 Å². The van der Waals surface area contributed by atoms with E-state index in [-0.39, 0.29) is 18.2 Å². The van der Waals surface area contributed by atoms with E-state index >= 15 is 0 Å². The SMILES string of the molecule is CCN1CCOc2ccccc2CCCCC2(CN(C(=O)Cc3cccnc3)CCO2)C1=O. The van der Waals surface area contributed by atoms with E-state index in [1.807, 2.05) is 37.3 Å². The van der Waals surface area contributed by atoms with Gasteiger partial charge in [0.15, 0.2) is 5.60 Å². The molecule has 1 saturated heterocycles. The van der Waals surface area contributed by atoms with Crippen LogP contribution in [0, 0.1) is 0 Å². The predicted octanol–water partition coefficient (Wildman–Crippen LogP) is 2.88. The summed E-state index contributed by atoms with van der Waals surface area (Å²) in [6.07, 6.45) is 6.94. The van der Waals surface area contributed by atoms with Crippen LogP contribution in [0.25, 0.3) is 0 Å². The Bertz CT molecular complexity index is 952. The summed E-state index contributed by atoms with van der Waals surface area (Å²) in [7, 11) is 0. The van der Waals surface area contributed by atoms with Crippen molar-refractivity contribution in [3.8, 4) is 5.75 Å². The number of nitrogens with zero attached hydrogens (tertiary/aromatic N) is 3. The molecule has 0 N–H and O–H groups in total. The van der Waals surface area contributed by atoms with Gasteiger partial charge in [-0.3, -0.25) is 14.6 Å². The second kappa shape index (κ2) is 10.8. The number of carbonyl (C=O) groups excluding carboxylic acids is 2. The van der Waals surface area contributed by atoms with Crippen LogP contribution >= 0.6 is 0 Å². The van der Waals surface area contributed by atoms with Crippen LogP contribution in [0.3, 0.4) is 0 Å². The zero-order chi connectivity index (χ0) is 23.1. The number of carbonyl (C=O) groups is 2. The second-order valence-electron chi connectivity index (χ2n) is 8.74. The Labute approximate surface area is 195 Å². The van der Waals surface area contributed by atoms with Crippen molar-refractivity contribution in [3.63, 3.8) is 0 Å². The first-order chi connectivity index (χ1) is 16.1. The van der Waals surface area contributed by atoms with E-state index in [4.69, 9.17) is 9.47 Å². The molecular formula is C26H33N3O4. The van der Waals surface area contributed by atoms with E-state index in [1.165, 1.54) is 5.56 Å². The van der Waals surface area contributed by atoms with E-state index in [0.29, 0.717) is 45.8 Å². The molecule has 1 aromatic carbocycles. The van der Waals surface area contributed by atoms with Gasteiger partial charge in [-0.2, -0.15) is 0 Å². The van der Waals surface area contributed by atoms with Gasteiger partial charge in [-0.05, 0) is 55.9 Å². The highest BCUT2D eigenvalue weighted by molar-refractivity contribution is 5.87. The minimum atomic E-state index is -1.00. The first-order valence-electron chi connectivity index (χ1n) is 11.9. The van der Waals surface area contributed by atoms with Gasteiger partial charge in [0.2, 0.25) is 5.91 Å². The quantitative estimate of drug-likeness (QED) is 0.718. The van der Waals surface area contributed by atoms with Crippen molar-refractivity contribution in [2.24, 2.45) is 0 Å². The average molecular weight is 452 g/mol. The summed E-state index contributed by atoms with van der Waals surface area (Å²) in [5.74, 6) is 0.864. The largest absolute Gasteiger partial charge is 0.491 e. The Hall–Kier alpha value is -2.93. The molecule has 0 saturated carbocycles. The first kappa shape index (κ1) is 23.2. The summed E-state index contributed by atoms with van der Waals surface area (Å²) in [5.41, 5.74) is 1.07. The molecule has 7 nitrogen and oxygen atoms in total. The number of hydrogen-bond acceptors (Lipinski definition) is 5. The lowest BCUT2D eigenvalue weighted by atomic mass is 9.90. The second-order valence-corrected chi connectivity index (χ2v) is 8.74. The fourth-order valence-corrected chi connectivity index (χ4v) is 4.71. The van der Waals surface area contributed by atoms with Gasteiger partial charge in [0.25, 0.3) is 5.91 Å². The van der Waals surface area contributed by atoms with Crippen LogP contribution in [0.4, 0.5) is 0 Å². The third-order valence-corrected chi connectivity index (χ3v) is 6.54. The number of pyridine rings is 1. The average Bonchev–Trinajstić information content (AvgIpc) is 2.85. The van der Waals surface area contributed by atoms with Crippen LogP contribution in [0.15, 0.2) is 48.8 Å². The number of aryl methyl sites for hydroxylation is 1. The van der Waals surface area contributed by atoms with E-state index in [2.05, 4.69) is 11.1 Å². The highest BCUT2D eigenvalue weighted by atomic mass is 16.5. The maximum atomic E-state index is 13.7. The molecule has 176 valence electrons. The van der Waals surface area contributed by atoms with Crippen LogP contribution in [0.2, 0.25) is 0 Å². The van der Waals surface area contributed by atoms with E-state index in [9.17, 15) is 9.59 Å². The topological polar surface area (TPSA) is 72.0 Å². The Kier molecular flexibility index (Phi) is 7.60. The number of likely N-dealkylation sites (N-methyl/N-ethyl adjacent to an activating group) is 1. The standard InChI is InChI=1S/C26H33N3O4/c1-2-28-14-16-32-23-11-4-3-9-22(23)10-5-6-12-26(25(28)31)20-29(15-17-33-26)24(30)18-21-8-7-13-27-19-21/h3-4,7-9,11,13,19H,2,5-6,10,12,14-18,20H2,1H3. The molecule has 1 unspecified atom stereocenters. The number of morpholine rings is 1. The first-order valence-corrected chi connectivity index (χ1v) is 11.9. The molecule has 1 aromatic heterocycles. The smallest absolute Gasteiger partial charge is 0.256 e. The molecule has 33 heavy (non-hydrogen) atoms. The van der Waals surface area contributed by atoms with Crippen LogP contribution in [0.5, 0.6) is 5.75 Å². The van der Waals surface area contributed by atoms with Crippen LogP contribution in [-0.2, 0) is 27.2 Å². The van der Waals surface area contributed by atoms with Gasteiger partial charge in [0.1, 0.15) is 12.4 Å². The lowest BCUT2D eigenvalue weighted by Gasteiger charge is -2.44. The minimum Gasteiger partial charge on any atom is -0.491 e. The van der Waals surface area contributed by atoms with Crippen molar-refractivity contribution in [1.82, 2.24) is 14.8 Å². The lowest BCUT2D eigenvalue weighted by Crippen LogP contribution is -2.62. The summed E-state index contributed by atoms with van der Waals surface area (Å²) in [6.45, 7) is 4.60. The third-order valence-electron chi connectivity index (χ3n) is 6.54. The molecule has 2 amide bonds. The number of aromatic nitrogens is 1. The minimum absolute atomic E-state index is 0.00454. The number of benzene rings is 1. The molecule has 2 aliphatic rings. The van der Waals surface area contributed by atoms with Crippen molar-refractivity contribution in [1.29, 1.82) is 0 Å². The third kappa shape index (κ3) is 5.53. The van der Waals surface area contributed by atoms with E-state index in [1.54, 1.807) is 22.2 Å². The summed E-state index contributed by atoms with van der Waals surface area (Å²) < 4.78 is 12.3. The fraction of sp³-hybridized carbons (Fsp3) is 0.500. The molecule has 0 radical (unpaired) electrons. The van der Waals surface area contributed by atoms with Crippen molar-refractivity contribution >= 4 is 11.8 Å². The van der Waals surface area contributed by atoms with E-state index < -0.39 is 5.60 Å². The molecule has 0 aliphatic carbocycles. The van der Waals surface area contributed by atoms with Gasteiger partial charge in [-0.15, -0.1) is 0 Å². The highest BCUT2D eigenvalue weighted by Crippen LogP contribution is 2.29. The molecule has 1 spiro atoms. The van der Waals surface area contributed by atoms with Crippen molar-refractivity contribution in [3.05, 3.63) is 59.9 Å². The molecule has 1 atom stereocenters. The Morgan fingerprint density at radius 3 is 2.82 bits per heavy atom. The predicted molar refractivity (Wildman–Crippen MR) is 125 cm³/mol. The van der Waals surface area contributed by atoms with Gasteiger partial charge in [-0.25, -0.2) is 0 Å². The zero-order valence-corrected chi connectivity index (χ0v) is 19.4. The maximum absolute atomic E-state index is 13.7. The highest BCUT2D eigenvalue weighted by Gasteiger charge is 2.46. The van der Waals surface area contributed by atoms with Gasteiger partial charge in [0, 0.05) is 25.5 Å². The molecule has 4 rings (SSSR count). The van der Waals surface area contributed by atoms with Gasteiger partial charge >= 0.3 is 0 Å². The number of fused-ring (bicyclic) bond motifs is 1. The zero-order valence-electron chi connectivity index (χ0n) is 19.4. The fourth-order valence-electron chi connectivity index (χ4n) is 4.71. The Balaban J connectivity index is 1.52. The molecule has 3 heterocycles. The maximum Gasteiger partial charge on any atom is 0.256 e. The van der Waals surface area contributed by atoms with Crippen molar-refractivity contribution < 1.29 is 19.1 Å². The van der Waals surface area contributed by atoms with Crippen LogP contribution in [0.1, 0.15) is 37.3 Å². The van der Waals surface area contributed by atoms with Crippen molar-refractivity contribution in [2.75, 3.05) is 39.4 Å². The Morgan fingerprint density at radius 1 is 1.12 bits per heavy atom. The number of para-hydroxylation sites is 1. The van der Waals surface area contributed by atoms with Crippen LogP contribution in [-0.4, -0.2) is 71.6 Å². The molecule has 7 heteroatoms. The summed E-state index contributed by atoms with van der Waals surface area (Å²) in [6, 6.07) is 11.9. The normalized spacial score (nSPS) is 22.2. The van der Waals surface area contributed by atoms with Gasteiger partial charge in [0.05, 0.1) is 26.1 Å². The molecule has 1 fully saturated rings. The number of hydrogen-bond donors (Lipinski definition) is 0. The Morgan fingerprint density at radius 2 is 2.00 bits per heavy atom. The van der Waals surface area contributed by atoms with Crippen molar-refractivity contribution in [2.45, 2.75) is 44.6 Å². The van der Waals surface area contributed by atoms with E-state index in [0.717, 1.165) is 30.6 Å². The summed E-state index contributed by atoms with van der Waals surface area (Å²) in [4.78, 5) is 34.5. The van der Waals surface area contributed by atoms with Crippen LogP contribution < -0.4 is 4.74 Å². The number of rotatable bonds is 3.